The maximum absolute atomic E-state index is 9.99. The Morgan fingerprint density at radius 2 is 2.08 bits per heavy atom. The molecule has 0 radical (unpaired) electrons. The molecule has 0 spiro atoms. The third-order valence-corrected chi connectivity index (χ3v) is 1.65. The molecule has 0 saturated heterocycles. The molecule has 1 rings (SSSR count). The van der Waals surface area contributed by atoms with Crippen molar-refractivity contribution in [3.05, 3.63) is 35.4 Å². The van der Waals surface area contributed by atoms with Crippen molar-refractivity contribution in [1.29, 1.82) is 5.41 Å². The van der Waals surface area contributed by atoms with Gasteiger partial charge in [0, 0.05) is 12.1 Å². The van der Waals surface area contributed by atoms with E-state index in [1.165, 1.54) is 0 Å². The molecule has 68 valence electrons. The van der Waals surface area contributed by atoms with Gasteiger partial charge in [0.2, 0.25) is 6.41 Å². The van der Waals surface area contributed by atoms with Gasteiger partial charge in [-0.05, 0) is 5.56 Å². The van der Waals surface area contributed by atoms with Crippen molar-refractivity contribution in [2.45, 2.75) is 6.54 Å². The van der Waals surface area contributed by atoms with Crippen LogP contribution in [-0.4, -0.2) is 12.2 Å². The van der Waals surface area contributed by atoms with Gasteiger partial charge in [-0.3, -0.25) is 10.2 Å². The first-order valence-corrected chi connectivity index (χ1v) is 3.84. The first-order valence-electron chi connectivity index (χ1n) is 3.84. The van der Waals surface area contributed by atoms with Crippen LogP contribution in [0.25, 0.3) is 0 Å². The van der Waals surface area contributed by atoms with Gasteiger partial charge in [-0.25, -0.2) is 0 Å². The van der Waals surface area contributed by atoms with Crippen molar-refractivity contribution in [3.8, 4) is 0 Å². The molecule has 13 heavy (non-hydrogen) atoms. The molecule has 0 aliphatic rings. The summed E-state index contributed by atoms with van der Waals surface area (Å²) in [6.07, 6.45) is 0.652. The summed E-state index contributed by atoms with van der Waals surface area (Å²) in [7, 11) is 0. The number of benzene rings is 1. The van der Waals surface area contributed by atoms with Gasteiger partial charge in [-0.2, -0.15) is 0 Å². The van der Waals surface area contributed by atoms with Crippen LogP contribution in [0.3, 0.4) is 0 Å². The standard InChI is InChI=1S/C9H11N3O/c10-9(11)8-3-1-7(2-4-8)5-12-6-13/h1-4,6H,5H2,(H3,10,11)(H,12,13). The second-order valence-corrected chi connectivity index (χ2v) is 2.61. The molecule has 0 heterocycles. The molecule has 4 nitrogen and oxygen atoms in total. The maximum Gasteiger partial charge on any atom is 0.207 e. The molecule has 4 N–H and O–H groups in total. The summed E-state index contributed by atoms with van der Waals surface area (Å²) in [4.78, 5) is 9.99. The molecule has 0 aromatic heterocycles. The number of nitrogens with one attached hydrogen (secondary N) is 2. The number of rotatable bonds is 4. The number of amidine groups is 1. The van der Waals surface area contributed by atoms with Crippen molar-refractivity contribution in [3.63, 3.8) is 0 Å². The number of hydrogen-bond donors (Lipinski definition) is 3. The summed E-state index contributed by atoms with van der Waals surface area (Å²) in [5.41, 5.74) is 6.95. The molecule has 4 heteroatoms. The first-order chi connectivity index (χ1) is 6.24. The van der Waals surface area contributed by atoms with Crippen LogP contribution in [-0.2, 0) is 11.3 Å². The van der Waals surface area contributed by atoms with Gasteiger partial charge in [0.1, 0.15) is 5.84 Å². The SMILES string of the molecule is N=C(N)c1ccc(CNC=O)cc1. The van der Waals surface area contributed by atoms with Crippen LogP contribution in [0.15, 0.2) is 24.3 Å². The second-order valence-electron chi connectivity index (χ2n) is 2.61. The average Bonchev–Trinajstić information content (AvgIpc) is 2.15. The highest BCUT2D eigenvalue weighted by Crippen LogP contribution is 2.02. The van der Waals surface area contributed by atoms with Crippen LogP contribution in [0.1, 0.15) is 11.1 Å². The highest BCUT2D eigenvalue weighted by Gasteiger charge is 1.95. The predicted molar refractivity (Wildman–Crippen MR) is 50.4 cm³/mol. The molecule has 0 saturated carbocycles. The highest BCUT2D eigenvalue weighted by atomic mass is 16.1. The van der Waals surface area contributed by atoms with E-state index < -0.39 is 0 Å². The minimum Gasteiger partial charge on any atom is -0.384 e. The zero-order valence-electron chi connectivity index (χ0n) is 7.08. The van der Waals surface area contributed by atoms with Crippen molar-refractivity contribution >= 4 is 12.2 Å². The van der Waals surface area contributed by atoms with E-state index in [9.17, 15) is 4.79 Å². The van der Waals surface area contributed by atoms with E-state index in [4.69, 9.17) is 11.1 Å². The van der Waals surface area contributed by atoms with E-state index in [1.807, 2.05) is 12.1 Å². The molecule has 1 aromatic rings. The Labute approximate surface area is 76.3 Å². The topological polar surface area (TPSA) is 79.0 Å². The molecule has 0 fully saturated rings. The summed E-state index contributed by atoms with van der Waals surface area (Å²) in [5, 5.41) is 9.70. The van der Waals surface area contributed by atoms with E-state index in [0.717, 1.165) is 5.56 Å². The Balaban J connectivity index is 2.69. The van der Waals surface area contributed by atoms with E-state index in [-0.39, 0.29) is 5.84 Å². The van der Waals surface area contributed by atoms with Gasteiger partial charge in [-0.15, -0.1) is 0 Å². The zero-order valence-corrected chi connectivity index (χ0v) is 7.08. The summed E-state index contributed by atoms with van der Waals surface area (Å²) < 4.78 is 0. The number of hydrogen-bond acceptors (Lipinski definition) is 2. The van der Waals surface area contributed by atoms with Crippen LogP contribution in [0.2, 0.25) is 0 Å². The number of carbonyl (C=O) groups is 1. The lowest BCUT2D eigenvalue weighted by atomic mass is 10.1. The Bertz CT molecular complexity index is 305. The minimum absolute atomic E-state index is 0.0508. The van der Waals surface area contributed by atoms with E-state index in [0.29, 0.717) is 18.5 Å². The van der Waals surface area contributed by atoms with Crippen LogP contribution >= 0.6 is 0 Å². The van der Waals surface area contributed by atoms with Crippen LogP contribution < -0.4 is 11.1 Å². The van der Waals surface area contributed by atoms with Crippen LogP contribution in [0, 0.1) is 5.41 Å². The molecular formula is C9H11N3O. The largest absolute Gasteiger partial charge is 0.384 e. The average molecular weight is 177 g/mol. The number of amides is 1. The summed E-state index contributed by atoms with van der Waals surface area (Å²) in [6.45, 7) is 0.502. The number of nitrogens with two attached hydrogens (primary N) is 1. The molecule has 0 atom stereocenters. The predicted octanol–water partition coefficient (Wildman–Crippen LogP) is 0.217. The normalized spacial score (nSPS) is 9.23. The molecule has 0 aliphatic heterocycles. The molecule has 0 aliphatic carbocycles. The van der Waals surface area contributed by atoms with Gasteiger partial charge in [0.25, 0.3) is 0 Å². The first kappa shape index (κ1) is 9.25. The van der Waals surface area contributed by atoms with Crippen LogP contribution in [0.4, 0.5) is 0 Å². The van der Waals surface area contributed by atoms with Crippen molar-refractivity contribution < 1.29 is 4.79 Å². The van der Waals surface area contributed by atoms with Crippen molar-refractivity contribution in [2.75, 3.05) is 0 Å². The fourth-order valence-electron chi connectivity index (χ4n) is 0.962. The Kier molecular flexibility index (Phi) is 3.03. The second kappa shape index (κ2) is 4.25. The molecule has 1 amide bonds. The van der Waals surface area contributed by atoms with E-state index >= 15 is 0 Å². The fraction of sp³-hybridized carbons (Fsp3) is 0.111. The lowest BCUT2D eigenvalue weighted by Crippen LogP contribution is -2.12. The maximum atomic E-state index is 9.99. The number of nitrogen functional groups attached to an aromatic ring is 1. The number of carbonyl (C=O) groups excluding carboxylic acids is 1. The summed E-state index contributed by atoms with van der Waals surface area (Å²) in [6, 6.07) is 7.16. The van der Waals surface area contributed by atoms with Crippen molar-refractivity contribution in [1.82, 2.24) is 5.32 Å². The van der Waals surface area contributed by atoms with E-state index in [1.54, 1.807) is 12.1 Å². The summed E-state index contributed by atoms with van der Waals surface area (Å²) in [5.74, 6) is 0.0508. The van der Waals surface area contributed by atoms with E-state index in [2.05, 4.69) is 5.32 Å². The monoisotopic (exact) mass is 177 g/mol. The highest BCUT2D eigenvalue weighted by molar-refractivity contribution is 5.94. The van der Waals surface area contributed by atoms with Gasteiger partial charge in [0.05, 0.1) is 0 Å². The Morgan fingerprint density at radius 3 is 2.54 bits per heavy atom. The van der Waals surface area contributed by atoms with Crippen LogP contribution in [0.5, 0.6) is 0 Å². The van der Waals surface area contributed by atoms with Gasteiger partial charge < -0.3 is 11.1 Å². The third-order valence-electron chi connectivity index (χ3n) is 1.65. The quantitative estimate of drug-likeness (QED) is 0.349. The lowest BCUT2D eigenvalue weighted by molar-refractivity contribution is -0.109. The summed E-state index contributed by atoms with van der Waals surface area (Å²) >= 11 is 0. The van der Waals surface area contributed by atoms with Crippen molar-refractivity contribution in [2.24, 2.45) is 5.73 Å². The Hall–Kier alpha value is -1.84. The van der Waals surface area contributed by atoms with Gasteiger partial charge >= 0.3 is 0 Å². The smallest absolute Gasteiger partial charge is 0.207 e. The van der Waals surface area contributed by atoms with Gasteiger partial charge in [-0.1, -0.05) is 24.3 Å². The zero-order chi connectivity index (χ0) is 9.68. The fourth-order valence-corrected chi connectivity index (χ4v) is 0.962. The molecule has 0 unspecified atom stereocenters. The minimum atomic E-state index is 0.0508. The lowest BCUT2D eigenvalue weighted by Gasteiger charge is -2.01. The van der Waals surface area contributed by atoms with Gasteiger partial charge in [0.15, 0.2) is 0 Å². The molecular weight excluding hydrogens is 166 g/mol. The molecule has 0 bridgehead atoms. The third kappa shape index (κ3) is 2.59. The Morgan fingerprint density at radius 1 is 1.46 bits per heavy atom. The molecule has 1 aromatic carbocycles.